The number of phenolic OH excluding ortho intramolecular Hbond substituents is 1. The van der Waals surface area contributed by atoms with Gasteiger partial charge in [-0.3, -0.25) is 0 Å². The van der Waals surface area contributed by atoms with Gasteiger partial charge < -0.3 is 5.11 Å². The molecule has 1 aromatic rings. The van der Waals surface area contributed by atoms with Crippen LogP contribution in [0.25, 0.3) is 0 Å². The topological polar surface area (TPSA) is 20.2 Å². The molecule has 1 rings (SSSR count). The van der Waals surface area contributed by atoms with Gasteiger partial charge in [-0.05, 0) is 29.5 Å². The fourth-order valence-corrected chi connectivity index (χ4v) is 2.60. The van der Waals surface area contributed by atoms with Crippen molar-refractivity contribution in [2.45, 2.75) is 77.6 Å². The highest BCUT2D eigenvalue weighted by molar-refractivity contribution is 5.31. The third kappa shape index (κ3) is 6.13. The Bertz CT molecular complexity index is 354. The van der Waals surface area contributed by atoms with E-state index in [0.717, 1.165) is 0 Å². The van der Waals surface area contributed by atoms with E-state index in [1.165, 1.54) is 56.9 Å². The zero-order chi connectivity index (χ0) is 14.1. The van der Waals surface area contributed by atoms with Crippen molar-refractivity contribution in [3.8, 4) is 5.75 Å². The highest BCUT2D eigenvalue weighted by atomic mass is 16.3. The molecule has 1 aromatic carbocycles. The van der Waals surface area contributed by atoms with Gasteiger partial charge in [-0.25, -0.2) is 0 Å². The van der Waals surface area contributed by atoms with Crippen LogP contribution in [-0.2, 0) is 5.41 Å². The maximum absolute atomic E-state index is 9.57. The Morgan fingerprint density at radius 1 is 0.947 bits per heavy atom. The largest absolute Gasteiger partial charge is 0.508 e. The van der Waals surface area contributed by atoms with Gasteiger partial charge >= 0.3 is 0 Å². The van der Waals surface area contributed by atoms with Crippen molar-refractivity contribution in [2.75, 3.05) is 0 Å². The predicted octanol–water partition coefficient (Wildman–Crippen LogP) is 5.81. The van der Waals surface area contributed by atoms with E-state index in [1.54, 1.807) is 6.07 Å². The summed E-state index contributed by atoms with van der Waals surface area (Å²) in [6.45, 7) is 6.81. The number of hydrogen-bond donors (Lipinski definition) is 1. The average molecular weight is 262 g/mol. The van der Waals surface area contributed by atoms with Crippen LogP contribution < -0.4 is 0 Å². The molecule has 1 N–H and O–H groups in total. The van der Waals surface area contributed by atoms with Crippen molar-refractivity contribution in [1.82, 2.24) is 0 Å². The molecule has 0 amide bonds. The Balaban J connectivity index is 2.27. The molecule has 0 bridgehead atoms. The Morgan fingerprint density at radius 3 is 2.21 bits per heavy atom. The molecule has 0 aliphatic rings. The van der Waals surface area contributed by atoms with Gasteiger partial charge in [0.1, 0.15) is 5.75 Å². The van der Waals surface area contributed by atoms with Gasteiger partial charge in [0.05, 0.1) is 0 Å². The minimum absolute atomic E-state index is 0.169. The molecular weight excluding hydrogens is 232 g/mol. The normalized spacial score (nSPS) is 11.7. The summed E-state index contributed by atoms with van der Waals surface area (Å²) in [5.74, 6) is 0.380. The van der Waals surface area contributed by atoms with E-state index in [-0.39, 0.29) is 5.41 Å². The number of rotatable bonds is 9. The standard InChI is InChI=1S/C18H30O/c1-4-5-6-7-8-9-10-14-18(2,3)16-12-11-13-17(19)15-16/h11-13,15,19H,4-10,14H2,1-3H3. The van der Waals surface area contributed by atoms with Crippen molar-refractivity contribution in [1.29, 1.82) is 0 Å². The summed E-state index contributed by atoms with van der Waals surface area (Å²) >= 11 is 0. The number of phenols is 1. The molecule has 0 spiro atoms. The number of aromatic hydroxyl groups is 1. The van der Waals surface area contributed by atoms with Crippen molar-refractivity contribution in [2.24, 2.45) is 0 Å². The van der Waals surface area contributed by atoms with Crippen LogP contribution in [0.1, 0.15) is 77.7 Å². The molecule has 0 fully saturated rings. The molecule has 0 saturated carbocycles. The molecule has 1 nitrogen and oxygen atoms in total. The van der Waals surface area contributed by atoms with Crippen LogP contribution in [0.5, 0.6) is 5.75 Å². The zero-order valence-electron chi connectivity index (χ0n) is 12.9. The summed E-state index contributed by atoms with van der Waals surface area (Å²) < 4.78 is 0. The van der Waals surface area contributed by atoms with E-state index in [1.807, 2.05) is 12.1 Å². The first-order valence-corrected chi connectivity index (χ1v) is 7.86. The van der Waals surface area contributed by atoms with Crippen molar-refractivity contribution >= 4 is 0 Å². The number of benzene rings is 1. The van der Waals surface area contributed by atoms with Crippen LogP contribution in [0.3, 0.4) is 0 Å². The Hall–Kier alpha value is -0.980. The SMILES string of the molecule is CCCCCCCCCC(C)(C)c1cccc(O)c1. The van der Waals surface area contributed by atoms with Gasteiger partial charge in [-0.1, -0.05) is 77.8 Å². The minimum Gasteiger partial charge on any atom is -0.508 e. The average Bonchev–Trinajstić information content (AvgIpc) is 2.38. The van der Waals surface area contributed by atoms with Crippen LogP contribution in [0.4, 0.5) is 0 Å². The van der Waals surface area contributed by atoms with Gasteiger partial charge in [0.25, 0.3) is 0 Å². The fraction of sp³-hybridized carbons (Fsp3) is 0.667. The first-order valence-electron chi connectivity index (χ1n) is 7.86. The van der Waals surface area contributed by atoms with Gasteiger partial charge in [0, 0.05) is 0 Å². The van der Waals surface area contributed by atoms with Crippen LogP contribution in [-0.4, -0.2) is 5.11 Å². The third-order valence-corrected chi connectivity index (χ3v) is 4.03. The second-order valence-electron chi connectivity index (χ2n) is 6.31. The summed E-state index contributed by atoms with van der Waals surface area (Å²) in [6, 6.07) is 7.71. The molecular formula is C18H30O. The molecule has 1 heteroatoms. The second-order valence-corrected chi connectivity index (χ2v) is 6.31. The van der Waals surface area contributed by atoms with Crippen molar-refractivity contribution in [3.05, 3.63) is 29.8 Å². The van der Waals surface area contributed by atoms with E-state index in [0.29, 0.717) is 5.75 Å². The number of unbranched alkanes of at least 4 members (excludes halogenated alkanes) is 6. The van der Waals surface area contributed by atoms with Crippen LogP contribution in [0.15, 0.2) is 24.3 Å². The Morgan fingerprint density at radius 2 is 1.58 bits per heavy atom. The molecule has 19 heavy (non-hydrogen) atoms. The lowest BCUT2D eigenvalue weighted by atomic mass is 9.80. The van der Waals surface area contributed by atoms with Crippen LogP contribution in [0, 0.1) is 0 Å². The zero-order valence-corrected chi connectivity index (χ0v) is 12.9. The Kier molecular flexibility index (Phi) is 6.97. The summed E-state index contributed by atoms with van der Waals surface area (Å²) in [4.78, 5) is 0. The highest BCUT2D eigenvalue weighted by Gasteiger charge is 2.20. The van der Waals surface area contributed by atoms with Crippen LogP contribution >= 0.6 is 0 Å². The summed E-state index contributed by atoms with van der Waals surface area (Å²) in [6.07, 6.45) is 10.7. The first kappa shape index (κ1) is 16.1. The van der Waals surface area contributed by atoms with Gasteiger partial charge in [0.2, 0.25) is 0 Å². The second kappa shape index (κ2) is 8.24. The fourth-order valence-electron chi connectivity index (χ4n) is 2.60. The molecule has 0 heterocycles. The highest BCUT2D eigenvalue weighted by Crippen LogP contribution is 2.31. The van der Waals surface area contributed by atoms with Gasteiger partial charge in [-0.15, -0.1) is 0 Å². The summed E-state index contributed by atoms with van der Waals surface area (Å²) in [5, 5.41) is 9.57. The molecule has 0 saturated heterocycles. The maximum atomic E-state index is 9.57. The molecule has 108 valence electrons. The van der Waals surface area contributed by atoms with Gasteiger partial charge in [0.15, 0.2) is 0 Å². The van der Waals surface area contributed by atoms with E-state index >= 15 is 0 Å². The third-order valence-electron chi connectivity index (χ3n) is 4.03. The summed E-state index contributed by atoms with van der Waals surface area (Å²) in [5.41, 5.74) is 1.42. The lowest BCUT2D eigenvalue weighted by Gasteiger charge is -2.25. The number of hydrogen-bond acceptors (Lipinski definition) is 1. The van der Waals surface area contributed by atoms with Crippen LogP contribution in [0.2, 0.25) is 0 Å². The van der Waals surface area contributed by atoms with E-state index in [9.17, 15) is 5.11 Å². The first-order chi connectivity index (χ1) is 9.06. The lowest BCUT2D eigenvalue weighted by Crippen LogP contribution is -2.16. The van der Waals surface area contributed by atoms with E-state index in [2.05, 4.69) is 26.8 Å². The van der Waals surface area contributed by atoms with Gasteiger partial charge in [-0.2, -0.15) is 0 Å². The maximum Gasteiger partial charge on any atom is 0.115 e. The predicted molar refractivity (Wildman–Crippen MR) is 83.7 cm³/mol. The monoisotopic (exact) mass is 262 g/mol. The van der Waals surface area contributed by atoms with E-state index < -0.39 is 0 Å². The quantitative estimate of drug-likeness (QED) is 0.557. The molecule has 0 aliphatic heterocycles. The summed E-state index contributed by atoms with van der Waals surface area (Å²) in [7, 11) is 0. The molecule has 0 radical (unpaired) electrons. The molecule has 0 unspecified atom stereocenters. The minimum atomic E-state index is 0.169. The lowest BCUT2D eigenvalue weighted by molar-refractivity contribution is 0.434. The van der Waals surface area contributed by atoms with E-state index in [4.69, 9.17) is 0 Å². The van der Waals surface area contributed by atoms with Crippen molar-refractivity contribution in [3.63, 3.8) is 0 Å². The van der Waals surface area contributed by atoms with Crippen molar-refractivity contribution < 1.29 is 5.11 Å². The molecule has 0 aromatic heterocycles. The molecule has 0 atom stereocenters. The Labute approximate surface area is 119 Å². The molecule has 0 aliphatic carbocycles. The smallest absolute Gasteiger partial charge is 0.115 e.